The highest BCUT2D eigenvalue weighted by atomic mass is 32.1. The van der Waals surface area contributed by atoms with Crippen LogP contribution in [0.4, 0.5) is 0 Å². The number of benzene rings is 1. The Morgan fingerprint density at radius 1 is 1.22 bits per heavy atom. The van der Waals surface area contributed by atoms with Crippen molar-refractivity contribution in [2.75, 3.05) is 19.7 Å². The van der Waals surface area contributed by atoms with Crippen LogP contribution in [0.15, 0.2) is 24.3 Å². The zero-order valence-electron chi connectivity index (χ0n) is 15.1. The number of carbonyl (C=O) groups excluding carboxylic acids is 3. The molecule has 1 aliphatic heterocycles. The third-order valence-corrected chi connectivity index (χ3v) is 5.81. The van der Waals surface area contributed by atoms with Crippen LogP contribution in [0.2, 0.25) is 0 Å². The first-order valence-corrected chi connectivity index (χ1v) is 9.92. The second-order valence-electron chi connectivity index (χ2n) is 6.65. The molecule has 0 atom stereocenters. The number of aromatic nitrogens is 1. The van der Waals surface area contributed by atoms with Gasteiger partial charge in [0.05, 0.1) is 15.2 Å². The zero-order chi connectivity index (χ0) is 19.2. The Bertz CT molecular complexity index is 794. The summed E-state index contributed by atoms with van der Waals surface area (Å²) in [6, 6.07) is 7.94. The number of fused-ring (bicyclic) bond motifs is 1. The van der Waals surface area contributed by atoms with Gasteiger partial charge in [0.15, 0.2) is 6.61 Å². The SMILES string of the molecule is NC(=O)C1CCN(C(=O)COC(=O)CCCc2nc3ccccc3s2)CC1. The van der Waals surface area contributed by atoms with Crippen molar-refractivity contribution in [3.8, 4) is 0 Å². The number of thiazole rings is 1. The van der Waals surface area contributed by atoms with E-state index in [1.165, 1.54) is 0 Å². The van der Waals surface area contributed by atoms with Crippen molar-refractivity contribution in [2.24, 2.45) is 11.7 Å². The molecule has 8 heteroatoms. The second-order valence-corrected chi connectivity index (χ2v) is 7.76. The Hall–Kier alpha value is -2.48. The minimum Gasteiger partial charge on any atom is -0.456 e. The molecule has 2 N–H and O–H groups in total. The normalized spacial score (nSPS) is 15.0. The van der Waals surface area contributed by atoms with E-state index in [4.69, 9.17) is 10.5 Å². The fraction of sp³-hybridized carbons (Fsp3) is 0.474. The van der Waals surface area contributed by atoms with E-state index in [-0.39, 0.29) is 36.7 Å². The Morgan fingerprint density at radius 3 is 2.67 bits per heavy atom. The molecular weight excluding hydrogens is 366 g/mol. The van der Waals surface area contributed by atoms with Crippen LogP contribution in [-0.2, 0) is 25.5 Å². The first kappa shape index (κ1) is 19.3. The van der Waals surface area contributed by atoms with Gasteiger partial charge in [0.25, 0.3) is 5.91 Å². The highest BCUT2D eigenvalue weighted by Gasteiger charge is 2.26. The number of hydrogen-bond donors (Lipinski definition) is 1. The van der Waals surface area contributed by atoms with Crippen LogP contribution in [0.25, 0.3) is 10.2 Å². The summed E-state index contributed by atoms with van der Waals surface area (Å²) in [7, 11) is 0. The summed E-state index contributed by atoms with van der Waals surface area (Å²) in [6.45, 7) is 0.699. The van der Waals surface area contributed by atoms with Gasteiger partial charge in [-0.1, -0.05) is 12.1 Å². The van der Waals surface area contributed by atoms with Gasteiger partial charge in [-0.25, -0.2) is 4.98 Å². The maximum Gasteiger partial charge on any atom is 0.306 e. The molecule has 1 aromatic heterocycles. The third kappa shape index (κ3) is 5.26. The monoisotopic (exact) mass is 389 g/mol. The summed E-state index contributed by atoms with van der Waals surface area (Å²) in [4.78, 5) is 41.3. The molecule has 0 saturated carbocycles. The predicted molar refractivity (Wildman–Crippen MR) is 102 cm³/mol. The molecule has 1 fully saturated rings. The highest BCUT2D eigenvalue weighted by molar-refractivity contribution is 7.18. The lowest BCUT2D eigenvalue weighted by atomic mass is 9.96. The molecule has 0 unspecified atom stereocenters. The smallest absolute Gasteiger partial charge is 0.306 e. The van der Waals surface area contributed by atoms with E-state index in [0.29, 0.717) is 38.8 Å². The molecule has 3 rings (SSSR count). The quantitative estimate of drug-likeness (QED) is 0.729. The second kappa shape index (κ2) is 8.94. The van der Waals surface area contributed by atoms with Crippen molar-refractivity contribution in [1.82, 2.24) is 9.88 Å². The Morgan fingerprint density at radius 2 is 1.96 bits per heavy atom. The van der Waals surface area contributed by atoms with Gasteiger partial charge in [-0.3, -0.25) is 14.4 Å². The third-order valence-electron chi connectivity index (χ3n) is 4.72. The van der Waals surface area contributed by atoms with Crippen molar-refractivity contribution in [3.63, 3.8) is 0 Å². The van der Waals surface area contributed by atoms with Crippen LogP contribution in [0, 0.1) is 5.92 Å². The number of ether oxygens (including phenoxy) is 1. The minimum atomic E-state index is -0.378. The number of para-hydroxylation sites is 1. The van der Waals surface area contributed by atoms with Gasteiger partial charge in [0.2, 0.25) is 5.91 Å². The molecule has 0 aliphatic carbocycles. The lowest BCUT2D eigenvalue weighted by molar-refractivity contribution is -0.152. The molecule has 0 bridgehead atoms. The lowest BCUT2D eigenvalue weighted by Gasteiger charge is -2.30. The molecule has 7 nitrogen and oxygen atoms in total. The zero-order valence-corrected chi connectivity index (χ0v) is 15.9. The van der Waals surface area contributed by atoms with Crippen LogP contribution in [0.5, 0.6) is 0 Å². The number of nitrogens with two attached hydrogens (primary N) is 1. The number of hydrogen-bond acceptors (Lipinski definition) is 6. The van der Waals surface area contributed by atoms with E-state index < -0.39 is 0 Å². The van der Waals surface area contributed by atoms with Crippen molar-refractivity contribution >= 4 is 39.3 Å². The van der Waals surface area contributed by atoms with Crippen LogP contribution >= 0.6 is 11.3 Å². The van der Waals surface area contributed by atoms with Crippen molar-refractivity contribution in [2.45, 2.75) is 32.1 Å². The van der Waals surface area contributed by atoms with E-state index in [2.05, 4.69) is 4.98 Å². The molecule has 2 amide bonds. The molecule has 144 valence electrons. The summed E-state index contributed by atoms with van der Waals surface area (Å²) in [5.41, 5.74) is 6.26. The van der Waals surface area contributed by atoms with Crippen LogP contribution < -0.4 is 5.73 Å². The molecule has 0 spiro atoms. The number of nitrogens with zero attached hydrogens (tertiary/aromatic N) is 2. The first-order chi connectivity index (χ1) is 13.0. The number of primary amides is 1. The predicted octanol–water partition coefficient (Wildman–Crippen LogP) is 1.89. The number of aryl methyl sites for hydroxylation is 1. The average Bonchev–Trinajstić information content (AvgIpc) is 3.09. The maximum absolute atomic E-state index is 12.1. The standard InChI is InChI=1S/C19H23N3O4S/c20-19(25)13-8-10-22(11-9-13)17(23)12-26-18(24)7-3-6-16-21-14-4-1-2-5-15(14)27-16/h1-2,4-5,13H,3,6-12H2,(H2,20,25). The fourth-order valence-corrected chi connectivity index (χ4v) is 4.14. The fourth-order valence-electron chi connectivity index (χ4n) is 3.13. The van der Waals surface area contributed by atoms with Crippen molar-refractivity contribution < 1.29 is 19.1 Å². The number of piperidine rings is 1. The Balaban J connectivity index is 1.34. The van der Waals surface area contributed by atoms with Crippen molar-refractivity contribution in [3.05, 3.63) is 29.3 Å². The van der Waals surface area contributed by atoms with E-state index in [1.807, 2.05) is 24.3 Å². The maximum atomic E-state index is 12.1. The van der Waals surface area contributed by atoms with E-state index in [0.717, 1.165) is 15.2 Å². The highest BCUT2D eigenvalue weighted by Crippen LogP contribution is 2.22. The summed E-state index contributed by atoms with van der Waals surface area (Å²) < 4.78 is 6.23. The van der Waals surface area contributed by atoms with Gasteiger partial charge in [0, 0.05) is 25.4 Å². The molecule has 1 saturated heterocycles. The van der Waals surface area contributed by atoms with E-state index in [1.54, 1.807) is 16.2 Å². The number of esters is 1. The molecular formula is C19H23N3O4S. The van der Waals surface area contributed by atoms with Gasteiger partial charge in [-0.05, 0) is 37.8 Å². The van der Waals surface area contributed by atoms with Gasteiger partial charge in [-0.15, -0.1) is 11.3 Å². The molecule has 1 aliphatic rings. The molecule has 2 aromatic rings. The van der Waals surface area contributed by atoms with E-state index in [9.17, 15) is 14.4 Å². The van der Waals surface area contributed by atoms with Crippen LogP contribution in [-0.4, -0.2) is 47.4 Å². The summed E-state index contributed by atoms with van der Waals surface area (Å²) in [5, 5.41) is 0.998. The van der Waals surface area contributed by atoms with Crippen molar-refractivity contribution in [1.29, 1.82) is 0 Å². The Labute approximate surface area is 161 Å². The van der Waals surface area contributed by atoms with Gasteiger partial charge < -0.3 is 15.4 Å². The lowest BCUT2D eigenvalue weighted by Crippen LogP contribution is -2.43. The van der Waals surface area contributed by atoms with E-state index >= 15 is 0 Å². The summed E-state index contributed by atoms with van der Waals surface area (Å²) in [5.74, 6) is -1.09. The van der Waals surface area contributed by atoms with Gasteiger partial charge in [0.1, 0.15) is 0 Å². The molecule has 2 heterocycles. The molecule has 0 radical (unpaired) electrons. The number of amides is 2. The van der Waals surface area contributed by atoms with Crippen LogP contribution in [0.3, 0.4) is 0 Å². The van der Waals surface area contributed by atoms with Gasteiger partial charge >= 0.3 is 5.97 Å². The number of rotatable bonds is 7. The molecule has 27 heavy (non-hydrogen) atoms. The first-order valence-electron chi connectivity index (χ1n) is 9.10. The van der Waals surface area contributed by atoms with Gasteiger partial charge in [-0.2, -0.15) is 0 Å². The Kier molecular flexibility index (Phi) is 6.39. The number of likely N-dealkylation sites (tertiary alicyclic amines) is 1. The van der Waals surface area contributed by atoms with Crippen LogP contribution in [0.1, 0.15) is 30.7 Å². The topological polar surface area (TPSA) is 103 Å². The minimum absolute atomic E-state index is 0.167. The molecule has 1 aromatic carbocycles. The summed E-state index contributed by atoms with van der Waals surface area (Å²) >= 11 is 1.63. The largest absolute Gasteiger partial charge is 0.456 e. The average molecular weight is 389 g/mol. The summed E-state index contributed by atoms with van der Waals surface area (Å²) in [6.07, 6.45) is 2.74. The number of carbonyl (C=O) groups is 3.